The summed E-state index contributed by atoms with van der Waals surface area (Å²) in [6.45, 7) is 4.12. The molecule has 0 radical (unpaired) electrons. The fraction of sp³-hybridized carbons (Fsp3) is 0.0833. The lowest BCUT2D eigenvalue weighted by molar-refractivity contribution is 1.43. The maximum Gasteiger partial charge on any atom is 0.0810 e. The van der Waals surface area contributed by atoms with Crippen LogP contribution in [0.5, 0.6) is 0 Å². The molecule has 0 spiro atoms. The standard InChI is InChI=1S/C36H27N3/c1-23(37-35-29-15-7-3-11-25(29)21-26-12-4-8-16-30(26)35)33-19-20-34(39-33)24(2)38-36-31-17-9-5-13-27(31)22-28-14-6-10-18-32(28)36/h3-19,21-22H,20H2,1-2H3. The Labute approximate surface area is 227 Å². The van der Waals surface area contributed by atoms with Crippen LogP contribution in [0.3, 0.4) is 0 Å². The van der Waals surface area contributed by atoms with Gasteiger partial charge in [-0.1, -0.05) is 103 Å². The minimum atomic E-state index is 0.747. The molecule has 0 fully saturated rings. The van der Waals surface area contributed by atoms with Crippen LogP contribution in [0.15, 0.2) is 136 Å². The fourth-order valence-corrected chi connectivity index (χ4v) is 5.56. The molecule has 186 valence electrons. The van der Waals surface area contributed by atoms with Crippen molar-refractivity contribution in [1.29, 1.82) is 0 Å². The lowest BCUT2D eigenvalue weighted by Crippen LogP contribution is -2.07. The van der Waals surface area contributed by atoms with E-state index in [9.17, 15) is 0 Å². The SMILES string of the molecule is CC(=Nc1c2ccccc2cc2ccccc12)C1=CCC(C(C)=Nc2c3ccccc3cc3ccccc23)=N1. The average molecular weight is 502 g/mol. The largest absolute Gasteiger partial charge is 0.251 e. The van der Waals surface area contributed by atoms with Gasteiger partial charge in [0.25, 0.3) is 0 Å². The molecule has 0 unspecified atom stereocenters. The molecule has 6 aromatic rings. The van der Waals surface area contributed by atoms with Crippen LogP contribution in [0, 0.1) is 0 Å². The van der Waals surface area contributed by atoms with Gasteiger partial charge in [0.15, 0.2) is 0 Å². The van der Waals surface area contributed by atoms with Gasteiger partial charge in [0.1, 0.15) is 0 Å². The summed E-state index contributed by atoms with van der Waals surface area (Å²) in [7, 11) is 0. The molecule has 0 amide bonds. The minimum absolute atomic E-state index is 0.747. The van der Waals surface area contributed by atoms with Gasteiger partial charge in [0.05, 0.1) is 34.2 Å². The Morgan fingerprint density at radius 1 is 0.538 bits per heavy atom. The van der Waals surface area contributed by atoms with E-state index in [-0.39, 0.29) is 0 Å². The Hall–Kier alpha value is -4.89. The van der Waals surface area contributed by atoms with Gasteiger partial charge in [0.2, 0.25) is 0 Å². The van der Waals surface area contributed by atoms with Crippen LogP contribution < -0.4 is 0 Å². The molecule has 0 aliphatic carbocycles. The average Bonchev–Trinajstić information content (AvgIpc) is 3.48. The third-order valence-corrected chi connectivity index (χ3v) is 7.58. The quantitative estimate of drug-likeness (QED) is 0.170. The molecule has 3 heteroatoms. The summed E-state index contributed by atoms with van der Waals surface area (Å²) < 4.78 is 0. The van der Waals surface area contributed by atoms with Gasteiger partial charge in [-0.05, 0) is 47.5 Å². The van der Waals surface area contributed by atoms with Crippen LogP contribution in [-0.2, 0) is 0 Å². The van der Waals surface area contributed by atoms with Gasteiger partial charge in [-0.15, -0.1) is 0 Å². The van der Waals surface area contributed by atoms with E-state index in [2.05, 4.69) is 129 Å². The monoisotopic (exact) mass is 501 g/mol. The molecule has 1 aliphatic rings. The van der Waals surface area contributed by atoms with E-state index in [1.165, 1.54) is 21.5 Å². The maximum absolute atomic E-state index is 5.17. The summed E-state index contributed by atoms with van der Waals surface area (Å²) in [5.74, 6) is 0. The van der Waals surface area contributed by atoms with Crippen LogP contribution >= 0.6 is 0 Å². The maximum atomic E-state index is 5.17. The highest BCUT2D eigenvalue weighted by Gasteiger charge is 2.16. The minimum Gasteiger partial charge on any atom is -0.251 e. The van der Waals surface area contributed by atoms with Gasteiger partial charge < -0.3 is 0 Å². The molecule has 6 aromatic carbocycles. The van der Waals surface area contributed by atoms with Crippen LogP contribution in [0.25, 0.3) is 43.1 Å². The Kier molecular flexibility index (Phi) is 5.63. The van der Waals surface area contributed by atoms with Gasteiger partial charge >= 0.3 is 0 Å². The van der Waals surface area contributed by atoms with Crippen molar-refractivity contribution < 1.29 is 0 Å². The van der Waals surface area contributed by atoms with E-state index in [1.807, 2.05) is 0 Å². The van der Waals surface area contributed by atoms with E-state index < -0.39 is 0 Å². The van der Waals surface area contributed by atoms with Crippen LogP contribution in [0.1, 0.15) is 20.3 Å². The van der Waals surface area contributed by atoms with Crippen molar-refractivity contribution in [3.05, 3.63) is 121 Å². The van der Waals surface area contributed by atoms with E-state index in [0.717, 1.165) is 62.2 Å². The van der Waals surface area contributed by atoms with Crippen LogP contribution in [0.4, 0.5) is 11.4 Å². The second kappa shape index (κ2) is 9.45. The number of hydrogen-bond donors (Lipinski definition) is 0. The summed E-state index contributed by atoms with van der Waals surface area (Å²) in [5.41, 5.74) is 5.75. The number of aliphatic imine (C=N–C) groups is 3. The van der Waals surface area contributed by atoms with Crippen molar-refractivity contribution in [3.63, 3.8) is 0 Å². The number of fused-ring (bicyclic) bond motifs is 4. The first kappa shape index (κ1) is 23.2. The highest BCUT2D eigenvalue weighted by atomic mass is 14.9. The zero-order valence-electron chi connectivity index (χ0n) is 22.0. The molecule has 0 saturated heterocycles. The van der Waals surface area contributed by atoms with Crippen molar-refractivity contribution in [1.82, 2.24) is 0 Å². The summed E-state index contributed by atoms with van der Waals surface area (Å²) in [5, 5.41) is 9.39. The second-order valence-electron chi connectivity index (χ2n) is 10.1. The summed E-state index contributed by atoms with van der Waals surface area (Å²) in [4.78, 5) is 15.3. The first-order valence-corrected chi connectivity index (χ1v) is 13.4. The topological polar surface area (TPSA) is 37.1 Å². The Bertz CT molecular complexity index is 1950. The number of allylic oxidation sites excluding steroid dienone is 2. The van der Waals surface area contributed by atoms with Gasteiger partial charge in [-0.25, -0.2) is 4.99 Å². The molecule has 1 heterocycles. The van der Waals surface area contributed by atoms with E-state index >= 15 is 0 Å². The molecule has 0 N–H and O–H groups in total. The molecule has 0 aromatic heterocycles. The molecule has 7 rings (SSSR count). The summed E-state index contributed by atoms with van der Waals surface area (Å²) in [6.07, 6.45) is 2.91. The van der Waals surface area contributed by atoms with Gasteiger partial charge in [-0.3, -0.25) is 9.98 Å². The smallest absolute Gasteiger partial charge is 0.0810 e. The Morgan fingerprint density at radius 2 is 0.923 bits per heavy atom. The molecular weight excluding hydrogens is 474 g/mol. The highest BCUT2D eigenvalue weighted by molar-refractivity contribution is 6.44. The van der Waals surface area contributed by atoms with E-state index in [0.29, 0.717) is 0 Å². The van der Waals surface area contributed by atoms with Crippen molar-refractivity contribution >= 4 is 71.6 Å². The lowest BCUT2D eigenvalue weighted by Gasteiger charge is -2.10. The number of hydrogen-bond acceptors (Lipinski definition) is 3. The third-order valence-electron chi connectivity index (χ3n) is 7.58. The molecular formula is C36H27N3. The molecule has 0 atom stereocenters. The molecule has 3 nitrogen and oxygen atoms in total. The first-order valence-electron chi connectivity index (χ1n) is 13.4. The van der Waals surface area contributed by atoms with Gasteiger partial charge in [0, 0.05) is 28.0 Å². The zero-order chi connectivity index (χ0) is 26.3. The van der Waals surface area contributed by atoms with Crippen molar-refractivity contribution in [2.75, 3.05) is 0 Å². The summed E-state index contributed by atoms with van der Waals surface area (Å²) in [6, 6.07) is 38.3. The Balaban J connectivity index is 1.29. The van der Waals surface area contributed by atoms with Crippen LogP contribution in [0.2, 0.25) is 0 Å². The normalized spacial score (nSPS) is 14.4. The third kappa shape index (κ3) is 4.13. The predicted molar refractivity (Wildman–Crippen MR) is 169 cm³/mol. The number of benzene rings is 6. The van der Waals surface area contributed by atoms with E-state index in [1.54, 1.807) is 0 Å². The molecule has 0 bridgehead atoms. The molecule has 39 heavy (non-hydrogen) atoms. The number of rotatable bonds is 4. The second-order valence-corrected chi connectivity index (χ2v) is 10.1. The van der Waals surface area contributed by atoms with Crippen molar-refractivity contribution in [2.24, 2.45) is 15.0 Å². The first-order chi connectivity index (χ1) is 19.2. The predicted octanol–water partition coefficient (Wildman–Crippen LogP) is 9.91. The van der Waals surface area contributed by atoms with Crippen molar-refractivity contribution in [3.8, 4) is 0 Å². The van der Waals surface area contributed by atoms with Gasteiger partial charge in [-0.2, -0.15) is 0 Å². The summed E-state index contributed by atoms with van der Waals surface area (Å²) >= 11 is 0. The molecule has 1 aliphatic heterocycles. The van der Waals surface area contributed by atoms with E-state index in [4.69, 9.17) is 15.0 Å². The zero-order valence-corrected chi connectivity index (χ0v) is 22.0. The van der Waals surface area contributed by atoms with Crippen molar-refractivity contribution in [2.45, 2.75) is 20.3 Å². The molecule has 0 saturated carbocycles. The lowest BCUT2D eigenvalue weighted by atomic mass is 10.0. The van der Waals surface area contributed by atoms with Crippen LogP contribution in [-0.4, -0.2) is 17.1 Å². The fourth-order valence-electron chi connectivity index (χ4n) is 5.56. The number of nitrogens with zero attached hydrogens (tertiary/aromatic N) is 3. The Morgan fingerprint density at radius 3 is 1.36 bits per heavy atom. The highest BCUT2D eigenvalue weighted by Crippen LogP contribution is 2.37.